The first-order valence-electron chi connectivity index (χ1n) is 26.5. The van der Waals surface area contributed by atoms with Gasteiger partial charge in [-0.15, -0.1) is 0 Å². The Morgan fingerprint density at radius 3 is 1.43 bits per heavy atom. The van der Waals surface area contributed by atoms with E-state index < -0.39 is 173 Å². The molecule has 15 N–H and O–H groups in total. The van der Waals surface area contributed by atoms with Crippen LogP contribution < -0.4 is 26.4 Å². The van der Waals surface area contributed by atoms with Crippen molar-refractivity contribution in [1.82, 2.24) is 5.43 Å². The number of Topliss-reactive ketones (excluding diaryl/α,β-unsaturated/α-hetero) is 1. The maximum absolute atomic E-state index is 13.8. The number of phenolic OH excluding ortho intramolecular Hbond substituents is 4. The van der Waals surface area contributed by atoms with Crippen molar-refractivity contribution in [3.05, 3.63) is 103 Å². The van der Waals surface area contributed by atoms with E-state index in [-0.39, 0.29) is 93.4 Å². The lowest BCUT2D eigenvalue weighted by Crippen LogP contribution is -2.53. The van der Waals surface area contributed by atoms with E-state index in [0.717, 1.165) is 0 Å². The summed E-state index contributed by atoms with van der Waals surface area (Å²) < 4.78 is 34.4. The van der Waals surface area contributed by atoms with Crippen molar-refractivity contribution in [1.29, 1.82) is 0 Å². The van der Waals surface area contributed by atoms with Gasteiger partial charge in [-0.1, -0.05) is 24.3 Å². The van der Waals surface area contributed by atoms with E-state index in [2.05, 4.69) is 10.5 Å². The summed E-state index contributed by atoms with van der Waals surface area (Å²) >= 11 is 0. The number of aliphatic hydroxyl groups is 6. The van der Waals surface area contributed by atoms with Crippen LogP contribution in [0.5, 0.6) is 34.5 Å². The zero-order valence-corrected chi connectivity index (χ0v) is 45.5. The molecular formula is C57H66N4O21. The number of ether oxygens (including phenoxy) is 6. The predicted molar refractivity (Wildman–Crippen MR) is 284 cm³/mol. The number of hydrogen-bond donors (Lipinski definition) is 13. The van der Waals surface area contributed by atoms with Gasteiger partial charge in [0.2, 0.25) is 11.6 Å². The highest BCUT2D eigenvalue weighted by atomic mass is 16.7. The molecular weight excluding hydrogens is 1080 g/mol. The summed E-state index contributed by atoms with van der Waals surface area (Å²) in [4.78, 5) is 67.3. The lowest BCUT2D eigenvalue weighted by atomic mass is 9.71. The molecule has 12 atom stereocenters. The zero-order chi connectivity index (χ0) is 59.8. The zero-order valence-electron chi connectivity index (χ0n) is 45.5. The third kappa shape index (κ3) is 10.1. The fourth-order valence-corrected chi connectivity index (χ4v) is 11.9. The number of nitrogens with zero attached hydrogens (tertiary/aromatic N) is 1. The summed E-state index contributed by atoms with van der Waals surface area (Å²) in [6, 6.07) is 7.27. The second-order valence-corrected chi connectivity index (χ2v) is 21.7. The van der Waals surface area contributed by atoms with Crippen molar-refractivity contribution in [2.24, 2.45) is 16.6 Å². The molecule has 25 nitrogen and oxygen atoms in total. The van der Waals surface area contributed by atoms with Crippen LogP contribution in [-0.4, -0.2) is 179 Å². The molecule has 82 heavy (non-hydrogen) atoms. The first-order chi connectivity index (χ1) is 38.7. The SMILES string of the molecule is COc1cccc2c1C(=O)c1c(O)c3c(c(O)c1C2=O)C[C@@](O)(/C(CO)=N/NC(C)C)CC3O[C@H]1C[C@H](N)[C@H](O)[C@H](C)O1.COc1cccc2c1C(=O)c1c(O)c3c(c(O)c1C2=O)C[C@@](O)(C(=O)CO)CC3O[C@H]1C[C@H](N)[C@H](O)[C@H](C)O1. The molecule has 4 aromatic carbocycles. The van der Waals surface area contributed by atoms with Crippen molar-refractivity contribution in [2.75, 3.05) is 27.4 Å². The molecule has 0 amide bonds. The van der Waals surface area contributed by atoms with E-state index in [1.807, 2.05) is 13.8 Å². The molecule has 25 heteroatoms. The first kappa shape index (κ1) is 59.6. The second kappa shape index (κ2) is 22.6. The summed E-state index contributed by atoms with van der Waals surface area (Å²) in [7, 11) is 2.67. The van der Waals surface area contributed by atoms with E-state index in [1.165, 1.54) is 50.6 Å². The summed E-state index contributed by atoms with van der Waals surface area (Å²) in [6.45, 7) is 5.15. The van der Waals surface area contributed by atoms with Gasteiger partial charge in [-0.2, -0.15) is 5.10 Å². The number of phenols is 4. The molecule has 2 saturated heterocycles. The Hall–Kier alpha value is -6.98. The van der Waals surface area contributed by atoms with Gasteiger partial charge in [-0.3, -0.25) is 24.0 Å². The van der Waals surface area contributed by atoms with Crippen LogP contribution in [-0.2, 0) is 36.6 Å². The lowest BCUT2D eigenvalue weighted by molar-refractivity contribution is -0.247. The van der Waals surface area contributed by atoms with Crippen molar-refractivity contribution in [3.63, 3.8) is 0 Å². The van der Waals surface area contributed by atoms with Gasteiger partial charge in [0.05, 0.1) is 96.5 Å². The minimum atomic E-state index is -2.24. The molecule has 10 rings (SSSR count). The molecule has 2 heterocycles. The Kier molecular flexibility index (Phi) is 16.5. The van der Waals surface area contributed by atoms with Crippen LogP contribution in [0.2, 0.25) is 0 Å². The number of fused-ring (bicyclic) bond motifs is 6. The van der Waals surface area contributed by atoms with E-state index in [4.69, 9.17) is 39.9 Å². The highest BCUT2D eigenvalue weighted by Gasteiger charge is 2.52. The summed E-state index contributed by atoms with van der Waals surface area (Å²) in [6.07, 6.45) is -9.61. The first-order valence-corrected chi connectivity index (χ1v) is 26.5. The molecule has 0 spiro atoms. The van der Waals surface area contributed by atoms with Gasteiger partial charge in [0.15, 0.2) is 29.9 Å². The van der Waals surface area contributed by atoms with Gasteiger partial charge in [0, 0.05) is 90.0 Å². The Morgan fingerprint density at radius 2 is 1.05 bits per heavy atom. The number of ketones is 5. The standard InChI is InChI=1S/C30H37N3O10.C27H29NO11/c1-12(2)32-33-19(11-34)30(40)9-15-22(18(10-30)43-20-8-16(31)25(35)13(3)42-20)29(39)24-23(27(15)37)26(36)14-6-5-7-17(41-4)21(14)28(24)38;1-10-22(31)13(28)6-17(38-10)39-15-8-27(36,16(30)9-29)7-12-19(15)26(35)21-20(24(12)33)23(32)11-4-3-5-14(37-2)18(11)25(21)34/h5-7,12-13,16,18,20,25,32,34-35,37,39-40H,8-11,31H2,1-4H3;3-5,10,13,15,17,22,29,31,33,35-36H,6-9,28H2,1-2H3/b33-19+;/t13-,16-,18?,20-,25+,30-;10-,13-,15?,17-,22+,27-/m00/s1. The van der Waals surface area contributed by atoms with E-state index in [9.17, 15) is 75.0 Å². The van der Waals surface area contributed by atoms with E-state index in [0.29, 0.717) is 0 Å². The quantitative estimate of drug-likeness (QED) is 0.0457. The van der Waals surface area contributed by atoms with E-state index >= 15 is 0 Å². The fraction of sp³-hybridized carbons (Fsp3) is 0.474. The number of benzene rings is 4. The van der Waals surface area contributed by atoms with Crippen LogP contribution in [0.1, 0.15) is 152 Å². The molecule has 0 bridgehead atoms. The monoisotopic (exact) mass is 1140 g/mol. The van der Waals surface area contributed by atoms with Crippen LogP contribution in [0.15, 0.2) is 41.5 Å². The Balaban J connectivity index is 0.000000198. The smallest absolute Gasteiger partial charge is 0.202 e. The topological polar surface area (TPSA) is 419 Å². The molecule has 4 aromatic rings. The molecule has 0 aromatic heterocycles. The molecule has 2 aliphatic heterocycles. The molecule has 2 fully saturated rings. The molecule has 4 aliphatic carbocycles. The highest BCUT2D eigenvalue weighted by Crippen LogP contribution is 2.55. The summed E-state index contributed by atoms with van der Waals surface area (Å²) in [5.41, 5.74) is 8.31. The summed E-state index contributed by atoms with van der Waals surface area (Å²) in [5, 5.41) is 114. The van der Waals surface area contributed by atoms with Gasteiger partial charge in [-0.25, -0.2) is 0 Å². The van der Waals surface area contributed by atoms with Gasteiger partial charge in [0.25, 0.3) is 0 Å². The lowest BCUT2D eigenvalue weighted by Gasteiger charge is -2.43. The summed E-state index contributed by atoms with van der Waals surface area (Å²) in [5.74, 6) is -6.31. The molecule has 0 saturated carbocycles. The molecule has 6 aliphatic rings. The maximum Gasteiger partial charge on any atom is 0.202 e. The number of hydrazone groups is 1. The van der Waals surface area contributed by atoms with Crippen LogP contribution >= 0.6 is 0 Å². The van der Waals surface area contributed by atoms with Gasteiger partial charge >= 0.3 is 0 Å². The average molecular weight is 1140 g/mol. The Labute approximate surface area is 468 Å². The maximum atomic E-state index is 13.8. The third-order valence-electron chi connectivity index (χ3n) is 16.1. The number of hydrogen-bond acceptors (Lipinski definition) is 25. The van der Waals surface area contributed by atoms with Gasteiger partial charge in [0.1, 0.15) is 52.3 Å². The van der Waals surface area contributed by atoms with Crippen molar-refractivity contribution in [2.45, 2.75) is 145 Å². The number of carbonyl (C=O) groups excluding carboxylic acids is 5. The highest BCUT2D eigenvalue weighted by molar-refractivity contribution is 6.32. The van der Waals surface area contributed by atoms with Crippen LogP contribution in [0.3, 0.4) is 0 Å². The van der Waals surface area contributed by atoms with Crippen LogP contribution in [0.25, 0.3) is 0 Å². The number of rotatable bonds is 12. The number of aliphatic hydroxyl groups excluding tert-OH is 4. The van der Waals surface area contributed by atoms with Crippen LogP contribution in [0, 0.1) is 0 Å². The number of carbonyl (C=O) groups is 5. The normalized spacial score (nSPS) is 29.3. The average Bonchev–Trinajstić information content (AvgIpc) is 0.969. The molecule has 0 radical (unpaired) electrons. The Bertz CT molecular complexity index is 3290. The molecule has 440 valence electrons. The minimum Gasteiger partial charge on any atom is -0.507 e. The van der Waals surface area contributed by atoms with Gasteiger partial charge in [-0.05, 0) is 39.8 Å². The van der Waals surface area contributed by atoms with Crippen molar-refractivity contribution >= 4 is 34.6 Å². The minimum absolute atomic E-state index is 0.0127. The number of nitrogens with two attached hydrogens (primary N) is 2. The van der Waals surface area contributed by atoms with Crippen molar-refractivity contribution < 1.29 is 103 Å². The van der Waals surface area contributed by atoms with E-state index in [1.54, 1.807) is 13.8 Å². The van der Waals surface area contributed by atoms with Crippen molar-refractivity contribution in [3.8, 4) is 34.5 Å². The number of methoxy groups -OCH3 is 2. The third-order valence-corrected chi connectivity index (χ3v) is 16.1. The second-order valence-electron chi connectivity index (χ2n) is 21.7. The number of nitrogens with one attached hydrogen (secondary N) is 1. The fourth-order valence-electron chi connectivity index (χ4n) is 11.9. The largest absolute Gasteiger partial charge is 0.507 e. The predicted octanol–water partition coefficient (Wildman–Crippen LogP) is 0.788. The number of aromatic hydroxyl groups is 4. The van der Waals surface area contributed by atoms with Crippen LogP contribution in [0.4, 0.5) is 0 Å². The molecule has 2 unspecified atom stereocenters. The van der Waals surface area contributed by atoms with Gasteiger partial charge < -0.3 is 96.4 Å². The Morgan fingerprint density at radius 1 is 0.646 bits per heavy atom.